The molecule has 0 radical (unpaired) electrons. The lowest BCUT2D eigenvalue weighted by Gasteiger charge is -2.42. The Morgan fingerprint density at radius 3 is 2.05 bits per heavy atom. The number of aliphatic carboxylic acids is 1. The molecule has 19 heavy (non-hydrogen) atoms. The molecule has 0 aromatic heterocycles. The van der Waals surface area contributed by atoms with Crippen LogP contribution in [-0.2, 0) is 9.59 Å². The van der Waals surface area contributed by atoms with Crippen LogP contribution in [0.4, 0.5) is 13.2 Å². The summed E-state index contributed by atoms with van der Waals surface area (Å²) in [6, 6.07) is -1.38. The van der Waals surface area contributed by atoms with Crippen molar-refractivity contribution in [2.24, 2.45) is 11.3 Å². The fourth-order valence-corrected chi connectivity index (χ4v) is 2.32. The number of halogens is 3. The van der Waals surface area contributed by atoms with E-state index >= 15 is 0 Å². The number of alkyl halides is 3. The summed E-state index contributed by atoms with van der Waals surface area (Å²) >= 11 is 0. The second-order valence-electron chi connectivity index (χ2n) is 5.95. The molecule has 1 heterocycles. The van der Waals surface area contributed by atoms with Gasteiger partial charge in [-0.1, -0.05) is 20.8 Å². The summed E-state index contributed by atoms with van der Waals surface area (Å²) in [6.45, 7) is 5.44. The summed E-state index contributed by atoms with van der Waals surface area (Å²) in [7, 11) is 0. The second-order valence-corrected chi connectivity index (χ2v) is 5.95. The predicted molar refractivity (Wildman–Crippen MR) is 61.4 cm³/mol. The third-order valence-corrected chi connectivity index (χ3v) is 3.60. The lowest BCUT2D eigenvalue weighted by atomic mass is 9.75. The third-order valence-electron chi connectivity index (χ3n) is 3.60. The zero-order valence-electron chi connectivity index (χ0n) is 11.1. The molecule has 0 bridgehead atoms. The van der Waals surface area contributed by atoms with E-state index in [4.69, 9.17) is 5.11 Å². The van der Waals surface area contributed by atoms with Crippen molar-refractivity contribution in [3.63, 3.8) is 0 Å². The maximum Gasteiger partial charge on any atom is 0.471 e. The average molecular weight is 281 g/mol. The molecule has 1 aliphatic heterocycles. The summed E-state index contributed by atoms with van der Waals surface area (Å²) in [5.74, 6) is -3.59. The van der Waals surface area contributed by atoms with E-state index in [-0.39, 0.29) is 24.3 Å². The van der Waals surface area contributed by atoms with Crippen LogP contribution in [0.3, 0.4) is 0 Å². The minimum Gasteiger partial charge on any atom is -0.480 e. The van der Waals surface area contributed by atoms with Crippen LogP contribution in [0.15, 0.2) is 0 Å². The topological polar surface area (TPSA) is 57.6 Å². The van der Waals surface area contributed by atoms with Gasteiger partial charge in [0.1, 0.15) is 6.04 Å². The molecule has 0 aromatic rings. The lowest BCUT2D eigenvalue weighted by Crippen LogP contribution is -2.56. The van der Waals surface area contributed by atoms with Crippen molar-refractivity contribution in [1.82, 2.24) is 4.90 Å². The number of hydrogen-bond acceptors (Lipinski definition) is 2. The highest BCUT2D eigenvalue weighted by molar-refractivity contribution is 5.87. The van der Waals surface area contributed by atoms with Gasteiger partial charge >= 0.3 is 18.1 Å². The van der Waals surface area contributed by atoms with Gasteiger partial charge in [0, 0.05) is 6.54 Å². The molecule has 4 nitrogen and oxygen atoms in total. The first-order valence-corrected chi connectivity index (χ1v) is 6.05. The van der Waals surface area contributed by atoms with E-state index < -0.39 is 24.1 Å². The normalized spacial score (nSPS) is 25.3. The van der Waals surface area contributed by atoms with Crippen molar-refractivity contribution in [1.29, 1.82) is 0 Å². The van der Waals surface area contributed by atoms with Gasteiger partial charge in [-0.25, -0.2) is 4.79 Å². The van der Waals surface area contributed by atoms with Crippen molar-refractivity contribution < 1.29 is 27.9 Å². The molecule has 1 aliphatic rings. The maximum absolute atomic E-state index is 12.5. The summed E-state index contributed by atoms with van der Waals surface area (Å²) in [4.78, 5) is 22.8. The number of carbonyl (C=O) groups excluding carboxylic acids is 1. The van der Waals surface area contributed by atoms with E-state index in [1.54, 1.807) is 0 Å². The van der Waals surface area contributed by atoms with Gasteiger partial charge in [0.25, 0.3) is 0 Å². The summed E-state index contributed by atoms with van der Waals surface area (Å²) in [5.41, 5.74) is -0.270. The zero-order chi connectivity index (χ0) is 15.0. The third kappa shape index (κ3) is 3.61. The van der Waals surface area contributed by atoms with Crippen LogP contribution in [-0.4, -0.2) is 40.6 Å². The lowest BCUT2D eigenvalue weighted by molar-refractivity contribution is -0.193. The molecule has 2 unspecified atom stereocenters. The predicted octanol–water partition coefficient (Wildman–Crippen LogP) is 2.29. The highest BCUT2D eigenvalue weighted by Crippen LogP contribution is 2.36. The van der Waals surface area contributed by atoms with E-state index in [1.807, 2.05) is 20.8 Å². The largest absolute Gasteiger partial charge is 0.480 e. The highest BCUT2D eigenvalue weighted by Gasteiger charge is 2.49. The molecule has 110 valence electrons. The first-order valence-electron chi connectivity index (χ1n) is 6.05. The summed E-state index contributed by atoms with van der Waals surface area (Å²) in [5, 5.41) is 8.95. The molecule has 1 amide bonds. The van der Waals surface area contributed by atoms with Crippen LogP contribution >= 0.6 is 0 Å². The van der Waals surface area contributed by atoms with Gasteiger partial charge < -0.3 is 10.0 Å². The number of carboxylic acid groups (broad SMARTS) is 1. The van der Waals surface area contributed by atoms with Crippen molar-refractivity contribution in [3.8, 4) is 0 Å². The maximum atomic E-state index is 12.5. The Hall–Kier alpha value is -1.27. The molecular formula is C12H18F3NO3. The number of piperidine rings is 1. The number of amides is 1. The fourth-order valence-electron chi connectivity index (χ4n) is 2.32. The number of likely N-dealkylation sites (tertiary alicyclic amines) is 1. The van der Waals surface area contributed by atoms with Crippen LogP contribution < -0.4 is 0 Å². The summed E-state index contributed by atoms with van der Waals surface area (Å²) < 4.78 is 37.5. The van der Waals surface area contributed by atoms with Crippen molar-refractivity contribution >= 4 is 11.9 Å². The molecule has 1 fully saturated rings. The van der Waals surface area contributed by atoms with Crippen LogP contribution in [0.25, 0.3) is 0 Å². The first kappa shape index (κ1) is 15.8. The zero-order valence-corrected chi connectivity index (χ0v) is 11.1. The highest BCUT2D eigenvalue weighted by atomic mass is 19.4. The van der Waals surface area contributed by atoms with E-state index in [2.05, 4.69) is 0 Å². The first-order chi connectivity index (χ1) is 8.44. The van der Waals surface area contributed by atoms with Gasteiger partial charge in [-0.3, -0.25) is 4.79 Å². The Morgan fingerprint density at radius 2 is 1.68 bits per heavy atom. The number of nitrogens with zero attached hydrogens (tertiary/aromatic N) is 1. The molecule has 0 saturated carbocycles. The van der Waals surface area contributed by atoms with Gasteiger partial charge in [-0.2, -0.15) is 13.2 Å². The number of carbonyl (C=O) groups is 2. The minimum atomic E-state index is -5.03. The molecule has 1 N–H and O–H groups in total. The molecule has 0 aliphatic carbocycles. The van der Waals surface area contributed by atoms with Gasteiger partial charge in [0.15, 0.2) is 0 Å². The molecular weight excluding hydrogens is 263 g/mol. The molecule has 0 spiro atoms. The van der Waals surface area contributed by atoms with E-state index in [0.717, 1.165) is 0 Å². The molecule has 1 saturated heterocycles. The van der Waals surface area contributed by atoms with Crippen LogP contribution in [0.2, 0.25) is 0 Å². The number of rotatable bonds is 1. The Morgan fingerprint density at radius 1 is 1.16 bits per heavy atom. The monoisotopic (exact) mass is 281 g/mol. The Bertz CT molecular complexity index is 373. The van der Waals surface area contributed by atoms with Crippen LogP contribution in [0.1, 0.15) is 33.6 Å². The second kappa shape index (κ2) is 5.02. The Kier molecular flexibility index (Phi) is 4.17. The van der Waals surface area contributed by atoms with Crippen LogP contribution in [0.5, 0.6) is 0 Å². The number of carboxylic acids is 1. The molecule has 1 rings (SSSR count). The van der Waals surface area contributed by atoms with E-state index in [1.165, 1.54) is 0 Å². The van der Waals surface area contributed by atoms with E-state index in [0.29, 0.717) is 11.3 Å². The average Bonchev–Trinajstić information content (AvgIpc) is 2.24. The fraction of sp³-hybridized carbons (Fsp3) is 0.833. The number of hydrogen-bond donors (Lipinski definition) is 1. The molecule has 7 heteroatoms. The van der Waals surface area contributed by atoms with Gasteiger partial charge in [0.05, 0.1) is 0 Å². The van der Waals surface area contributed by atoms with Crippen molar-refractivity contribution in [2.75, 3.05) is 6.54 Å². The quantitative estimate of drug-likeness (QED) is 0.802. The minimum absolute atomic E-state index is 0.0547. The summed E-state index contributed by atoms with van der Waals surface area (Å²) in [6.07, 6.45) is -4.48. The molecule has 0 aromatic carbocycles. The standard InChI is InChI=1S/C12H18F3NO3/c1-11(2,3)7-4-5-8(9(17)18)16(6-7)10(19)12(13,14)15/h7-8H,4-6H2,1-3H3,(H,17,18). The van der Waals surface area contributed by atoms with Crippen molar-refractivity contribution in [2.45, 2.75) is 45.8 Å². The van der Waals surface area contributed by atoms with Gasteiger partial charge in [0.2, 0.25) is 0 Å². The van der Waals surface area contributed by atoms with Gasteiger partial charge in [-0.15, -0.1) is 0 Å². The van der Waals surface area contributed by atoms with Gasteiger partial charge in [-0.05, 0) is 24.2 Å². The van der Waals surface area contributed by atoms with Crippen LogP contribution in [0, 0.1) is 11.3 Å². The molecule has 2 atom stereocenters. The van der Waals surface area contributed by atoms with E-state index in [9.17, 15) is 22.8 Å². The Balaban J connectivity index is 2.98. The van der Waals surface area contributed by atoms with Crippen molar-refractivity contribution in [3.05, 3.63) is 0 Å². The smallest absolute Gasteiger partial charge is 0.471 e. The Labute approximate surface area is 109 Å². The SMILES string of the molecule is CC(C)(C)C1CCC(C(=O)O)N(C(=O)C(F)(F)F)C1.